The third-order valence-corrected chi connectivity index (χ3v) is 2.73. The summed E-state index contributed by atoms with van der Waals surface area (Å²) in [5.74, 6) is 2.05. The third-order valence-electron chi connectivity index (χ3n) is 1.14. The summed E-state index contributed by atoms with van der Waals surface area (Å²) in [6, 6.07) is 3.90. The first-order valence-corrected chi connectivity index (χ1v) is 4.74. The molecule has 0 saturated heterocycles. The van der Waals surface area contributed by atoms with Crippen LogP contribution in [0.15, 0.2) is 17.9 Å². The van der Waals surface area contributed by atoms with Gasteiger partial charge in [-0.2, -0.15) is 0 Å². The molecule has 1 unspecified atom stereocenters. The maximum Gasteiger partial charge on any atom is 0.195 e. The molecular weight excluding hydrogens is 179 g/mol. The number of aliphatic hydroxyl groups excluding tert-OH is 1. The summed E-state index contributed by atoms with van der Waals surface area (Å²) in [4.78, 5) is 0. The van der Waals surface area contributed by atoms with Gasteiger partial charge in [-0.15, -0.1) is 8.19 Å². The first-order valence-electron chi connectivity index (χ1n) is 3.26. The Bertz CT molecular complexity index is 220. The number of thiocarbonyl (C=S) groups is 1. The van der Waals surface area contributed by atoms with Gasteiger partial charge in [-0.3, -0.25) is 0 Å². The SMILES string of the molecule is OCCOC(=S)c1ccc[pH]1. The minimum absolute atomic E-state index is 0.0178. The number of aliphatic hydroxyl groups is 1. The second kappa shape index (κ2) is 4.50. The highest BCUT2D eigenvalue weighted by atomic mass is 32.1. The van der Waals surface area contributed by atoms with Crippen molar-refractivity contribution in [2.45, 2.75) is 0 Å². The zero-order valence-corrected chi connectivity index (χ0v) is 7.73. The highest BCUT2D eigenvalue weighted by Crippen LogP contribution is 2.16. The Morgan fingerprint density at radius 3 is 3.09 bits per heavy atom. The average Bonchev–Trinajstić information content (AvgIpc) is 2.52. The summed E-state index contributed by atoms with van der Waals surface area (Å²) in [5, 5.41) is 10.0. The Balaban J connectivity index is 2.43. The van der Waals surface area contributed by atoms with Gasteiger partial charge in [0.25, 0.3) is 0 Å². The molecule has 1 atom stereocenters. The minimum Gasteiger partial charge on any atom is -0.480 e. The molecule has 1 heterocycles. The summed E-state index contributed by atoms with van der Waals surface area (Å²) in [5.41, 5.74) is 0. The second-order valence-electron chi connectivity index (χ2n) is 1.94. The predicted molar refractivity (Wildman–Crippen MR) is 50.7 cm³/mol. The Kier molecular flexibility index (Phi) is 3.57. The van der Waals surface area contributed by atoms with Gasteiger partial charge in [-0.25, -0.2) is 0 Å². The highest BCUT2D eigenvalue weighted by molar-refractivity contribution is 7.81. The Labute approximate surface area is 72.3 Å². The van der Waals surface area contributed by atoms with Gasteiger partial charge >= 0.3 is 0 Å². The van der Waals surface area contributed by atoms with Crippen molar-refractivity contribution in [1.82, 2.24) is 0 Å². The van der Waals surface area contributed by atoms with Gasteiger partial charge in [0.05, 0.1) is 6.61 Å². The lowest BCUT2D eigenvalue weighted by Gasteiger charge is -2.02. The molecule has 0 radical (unpaired) electrons. The van der Waals surface area contributed by atoms with E-state index in [4.69, 9.17) is 22.1 Å². The van der Waals surface area contributed by atoms with E-state index in [-0.39, 0.29) is 6.61 Å². The average molecular weight is 188 g/mol. The monoisotopic (exact) mass is 188 g/mol. The van der Waals surface area contributed by atoms with Gasteiger partial charge in [0.2, 0.25) is 0 Å². The molecule has 0 aliphatic rings. The highest BCUT2D eigenvalue weighted by Gasteiger charge is 1.99. The van der Waals surface area contributed by atoms with Crippen molar-refractivity contribution < 1.29 is 9.84 Å². The maximum absolute atomic E-state index is 8.44. The van der Waals surface area contributed by atoms with Gasteiger partial charge in [-0.05, 0) is 24.1 Å². The number of rotatable bonds is 3. The van der Waals surface area contributed by atoms with Crippen LogP contribution in [0.1, 0.15) is 5.30 Å². The van der Waals surface area contributed by atoms with Crippen molar-refractivity contribution in [2.75, 3.05) is 13.2 Å². The molecule has 0 aromatic carbocycles. The molecule has 4 heteroatoms. The Morgan fingerprint density at radius 1 is 1.73 bits per heavy atom. The molecule has 0 amide bonds. The smallest absolute Gasteiger partial charge is 0.195 e. The zero-order chi connectivity index (χ0) is 8.10. The van der Waals surface area contributed by atoms with Gasteiger partial charge in [0.15, 0.2) is 5.05 Å². The van der Waals surface area contributed by atoms with Crippen LogP contribution in [0.4, 0.5) is 0 Å². The molecule has 0 bridgehead atoms. The predicted octanol–water partition coefficient (Wildman–Crippen LogP) is 1.40. The van der Waals surface area contributed by atoms with Crippen LogP contribution >= 0.6 is 20.4 Å². The Morgan fingerprint density at radius 2 is 2.55 bits per heavy atom. The third kappa shape index (κ3) is 2.62. The molecule has 0 saturated carbocycles. The van der Waals surface area contributed by atoms with E-state index in [1.54, 1.807) is 0 Å². The van der Waals surface area contributed by atoms with Crippen molar-refractivity contribution in [1.29, 1.82) is 0 Å². The quantitative estimate of drug-likeness (QED) is 0.727. The van der Waals surface area contributed by atoms with E-state index in [0.717, 1.165) is 5.30 Å². The fourth-order valence-corrected chi connectivity index (χ4v) is 1.76. The van der Waals surface area contributed by atoms with Gasteiger partial charge in [0, 0.05) is 5.30 Å². The molecule has 0 spiro atoms. The molecule has 60 valence electrons. The van der Waals surface area contributed by atoms with Crippen LogP contribution in [0.2, 0.25) is 0 Å². The van der Waals surface area contributed by atoms with Crippen LogP contribution < -0.4 is 0 Å². The molecule has 2 nitrogen and oxygen atoms in total. The molecular formula is C7H9O2PS. The first kappa shape index (κ1) is 8.72. The van der Waals surface area contributed by atoms with Gasteiger partial charge < -0.3 is 9.84 Å². The van der Waals surface area contributed by atoms with Gasteiger partial charge in [-0.1, -0.05) is 6.07 Å². The molecule has 1 N–H and O–H groups in total. The molecule has 11 heavy (non-hydrogen) atoms. The van der Waals surface area contributed by atoms with E-state index in [1.165, 1.54) is 0 Å². The lowest BCUT2D eigenvalue weighted by molar-refractivity contribution is 0.198. The number of hydrogen-bond donors (Lipinski definition) is 1. The molecule has 0 aliphatic carbocycles. The van der Waals surface area contributed by atoms with Crippen LogP contribution in [0.3, 0.4) is 0 Å². The minimum atomic E-state index is 0.0178. The second-order valence-corrected chi connectivity index (χ2v) is 3.47. The van der Waals surface area contributed by atoms with Crippen LogP contribution in [0.25, 0.3) is 0 Å². The molecule has 1 aromatic rings. The molecule has 0 fully saturated rings. The number of ether oxygens (including phenoxy) is 1. The number of hydrogen-bond acceptors (Lipinski definition) is 3. The van der Waals surface area contributed by atoms with E-state index in [0.29, 0.717) is 19.9 Å². The van der Waals surface area contributed by atoms with E-state index in [1.807, 2.05) is 17.9 Å². The fraction of sp³-hybridized carbons (Fsp3) is 0.286. The fourth-order valence-electron chi connectivity index (χ4n) is 0.673. The van der Waals surface area contributed by atoms with Crippen molar-refractivity contribution in [2.24, 2.45) is 0 Å². The van der Waals surface area contributed by atoms with Crippen LogP contribution in [0.5, 0.6) is 0 Å². The summed E-state index contributed by atoms with van der Waals surface area (Å²) in [6.45, 7) is 0.310. The van der Waals surface area contributed by atoms with E-state index >= 15 is 0 Å². The van der Waals surface area contributed by atoms with Crippen LogP contribution in [-0.4, -0.2) is 23.4 Å². The van der Waals surface area contributed by atoms with E-state index in [2.05, 4.69) is 0 Å². The van der Waals surface area contributed by atoms with Crippen molar-refractivity contribution in [3.63, 3.8) is 0 Å². The molecule has 0 aliphatic heterocycles. The van der Waals surface area contributed by atoms with Crippen molar-refractivity contribution >= 4 is 25.5 Å². The summed E-state index contributed by atoms with van der Waals surface area (Å²) in [7, 11) is 0.624. The van der Waals surface area contributed by atoms with Crippen molar-refractivity contribution in [3.8, 4) is 0 Å². The van der Waals surface area contributed by atoms with Gasteiger partial charge in [0.1, 0.15) is 6.61 Å². The summed E-state index contributed by atoms with van der Waals surface area (Å²) in [6.07, 6.45) is 0. The summed E-state index contributed by atoms with van der Waals surface area (Å²) >= 11 is 4.94. The lowest BCUT2D eigenvalue weighted by atomic mass is 10.5. The molecule has 1 rings (SSSR count). The topological polar surface area (TPSA) is 29.5 Å². The normalized spacial score (nSPS) is 10.3. The molecule has 1 aromatic heterocycles. The van der Waals surface area contributed by atoms with Crippen LogP contribution in [-0.2, 0) is 4.74 Å². The van der Waals surface area contributed by atoms with Crippen molar-refractivity contribution in [3.05, 3.63) is 23.2 Å². The maximum atomic E-state index is 8.44. The lowest BCUT2D eigenvalue weighted by Crippen LogP contribution is -2.05. The largest absolute Gasteiger partial charge is 0.480 e. The first-order chi connectivity index (χ1) is 5.34. The summed E-state index contributed by atoms with van der Waals surface area (Å²) < 4.78 is 5.06. The van der Waals surface area contributed by atoms with E-state index < -0.39 is 0 Å². The zero-order valence-electron chi connectivity index (χ0n) is 5.91. The van der Waals surface area contributed by atoms with E-state index in [9.17, 15) is 0 Å². The van der Waals surface area contributed by atoms with Crippen LogP contribution in [0, 0.1) is 0 Å². The Hall–Kier alpha value is -0.370. The standard InChI is InChI=1S/C7H9O2PS/c8-3-4-9-7(11)6-2-1-5-10-6/h1-2,5,8,10H,3-4H2.